The van der Waals surface area contributed by atoms with Crippen LogP contribution in [0, 0.1) is 0 Å². The summed E-state index contributed by atoms with van der Waals surface area (Å²) >= 11 is 0. The van der Waals surface area contributed by atoms with Gasteiger partial charge in [-0.2, -0.15) is 0 Å². The van der Waals surface area contributed by atoms with Crippen molar-refractivity contribution in [3.05, 3.63) is 136 Å². The summed E-state index contributed by atoms with van der Waals surface area (Å²) in [5.41, 5.74) is 10.9. The molecule has 2 aliphatic heterocycles. The Kier molecular flexibility index (Phi) is 8.52. The molecule has 0 spiro atoms. The number of aromatic nitrogens is 1. The number of phenolic OH excluding ortho intramolecular Hbond substituents is 2. The molecule has 0 bridgehead atoms. The van der Waals surface area contributed by atoms with Crippen LogP contribution in [0.3, 0.4) is 0 Å². The van der Waals surface area contributed by atoms with Crippen molar-refractivity contribution in [3.8, 4) is 39.9 Å². The molecule has 0 amide bonds. The van der Waals surface area contributed by atoms with Crippen LogP contribution >= 0.6 is 0 Å². The topological polar surface area (TPSA) is 124 Å². The molecular formula is C45H43NO7. The van der Waals surface area contributed by atoms with E-state index >= 15 is 0 Å². The second-order valence-corrected chi connectivity index (χ2v) is 14.7. The molecule has 0 radical (unpaired) electrons. The van der Waals surface area contributed by atoms with Crippen LogP contribution in [0.5, 0.6) is 28.7 Å². The van der Waals surface area contributed by atoms with Gasteiger partial charge < -0.3 is 39.6 Å². The maximum atomic E-state index is 12.0. The van der Waals surface area contributed by atoms with E-state index in [1.54, 1.807) is 12.1 Å². The minimum Gasteiger partial charge on any atom is -0.508 e. The van der Waals surface area contributed by atoms with Crippen molar-refractivity contribution in [1.29, 1.82) is 0 Å². The molecule has 1 aliphatic carbocycles. The van der Waals surface area contributed by atoms with Crippen molar-refractivity contribution in [2.24, 2.45) is 0 Å². The minimum atomic E-state index is -0.869. The molecule has 0 saturated heterocycles. The molecule has 8 nitrogen and oxygen atoms in total. The zero-order valence-corrected chi connectivity index (χ0v) is 29.6. The number of ether oxygens (including phenoxy) is 3. The molecule has 53 heavy (non-hydrogen) atoms. The van der Waals surface area contributed by atoms with Crippen molar-refractivity contribution in [2.75, 3.05) is 13.7 Å². The molecule has 6 aromatic rings. The molecule has 3 aliphatic rings. The van der Waals surface area contributed by atoms with Crippen LogP contribution in [0.1, 0.15) is 63.0 Å². The summed E-state index contributed by atoms with van der Waals surface area (Å²) in [6.07, 6.45) is 4.42. The maximum Gasteiger partial charge on any atom is 0.161 e. The summed E-state index contributed by atoms with van der Waals surface area (Å²) in [7, 11) is 1.54. The van der Waals surface area contributed by atoms with E-state index in [0.717, 1.165) is 79.6 Å². The Morgan fingerprint density at radius 1 is 0.830 bits per heavy atom. The molecular weight excluding hydrogens is 666 g/mol. The predicted octanol–water partition coefficient (Wildman–Crippen LogP) is 7.65. The van der Waals surface area contributed by atoms with Gasteiger partial charge in [0.25, 0.3) is 0 Å². The Morgan fingerprint density at radius 3 is 2.53 bits per heavy atom. The first kappa shape index (κ1) is 33.4. The van der Waals surface area contributed by atoms with Gasteiger partial charge in [0.1, 0.15) is 29.5 Å². The smallest absolute Gasteiger partial charge is 0.161 e. The van der Waals surface area contributed by atoms with Gasteiger partial charge in [-0.05, 0) is 131 Å². The molecule has 5 N–H and O–H groups in total. The molecule has 9 rings (SSSR count). The van der Waals surface area contributed by atoms with Crippen LogP contribution in [0.15, 0.2) is 91.1 Å². The third-order valence-corrected chi connectivity index (χ3v) is 11.5. The first-order valence-electron chi connectivity index (χ1n) is 18.5. The number of phenols is 2. The van der Waals surface area contributed by atoms with E-state index in [1.807, 2.05) is 42.6 Å². The van der Waals surface area contributed by atoms with Crippen LogP contribution in [0.2, 0.25) is 0 Å². The Hall–Kier alpha value is -5.44. The van der Waals surface area contributed by atoms with Gasteiger partial charge in [0.05, 0.1) is 19.8 Å². The number of rotatable bonds is 8. The highest BCUT2D eigenvalue weighted by Crippen LogP contribution is 2.56. The van der Waals surface area contributed by atoms with Crippen LogP contribution < -0.4 is 14.2 Å². The highest BCUT2D eigenvalue weighted by Gasteiger charge is 2.41. The number of benzene rings is 5. The number of aliphatic hydroxyl groups is 2. The number of aryl methyl sites for hydroxylation is 2. The number of fused-ring (bicyclic) bond motifs is 9. The monoisotopic (exact) mass is 709 g/mol. The fourth-order valence-electron chi connectivity index (χ4n) is 8.85. The summed E-state index contributed by atoms with van der Waals surface area (Å²) in [5, 5.41) is 45.2. The average molecular weight is 710 g/mol. The molecule has 3 heterocycles. The molecule has 5 aromatic carbocycles. The fraction of sp³-hybridized carbons (Fsp3) is 0.289. The standard InChI is InChI=1S/C45H43NO7/c1-51-40-21-30(19-28(42(40)50)9-7-25-5-3-2-4-6-25)43-39(49)23-37-36-20-29(18-26-8-14-38-27(17-26)15-16-46-38)35-22-31(48)10-12-33(35)41(36)45-34(44(37)53-43)13-11-32(24-47)52-45/h2-6,8,10,12,14-17,19,21-22,29,32,39,43,46-50H,7,9,11,13,18,20,23-24H2,1H3. The Morgan fingerprint density at radius 2 is 1.70 bits per heavy atom. The first-order valence-corrected chi connectivity index (χ1v) is 18.5. The van der Waals surface area contributed by atoms with Gasteiger partial charge in [0.2, 0.25) is 0 Å². The van der Waals surface area contributed by atoms with Crippen molar-refractivity contribution in [2.45, 2.75) is 69.2 Å². The van der Waals surface area contributed by atoms with Gasteiger partial charge in [0.15, 0.2) is 11.5 Å². The van der Waals surface area contributed by atoms with E-state index < -0.39 is 12.2 Å². The number of nitrogens with one attached hydrogen (secondary N) is 1. The van der Waals surface area contributed by atoms with E-state index in [1.165, 1.54) is 12.7 Å². The third kappa shape index (κ3) is 5.96. The number of aliphatic hydroxyl groups excluding tert-OH is 2. The molecule has 0 saturated carbocycles. The van der Waals surface area contributed by atoms with Crippen LogP contribution in [0.25, 0.3) is 22.0 Å². The highest BCUT2D eigenvalue weighted by molar-refractivity contribution is 5.85. The first-order chi connectivity index (χ1) is 25.9. The Balaban J connectivity index is 1.14. The lowest BCUT2D eigenvalue weighted by molar-refractivity contribution is 0.0180. The minimum absolute atomic E-state index is 0.0452. The van der Waals surface area contributed by atoms with Crippen molar-refractivity contribution >= 4 is 10.9 Å². The Bertz CT molecular complexity index is 2330. The zero-order valence-electron chi connectivity index (χ0n) is 29.6. The number of hydrogen-bond acceptors (Lipinski definition) is 7. The third-order valence-electron chi connectivity index (χ3n) is 11.5. The summed E-state index contributed by atoms with van der Waals surface area (Å²) in [6.45, 7) is -0.0980. The van der Waals surface area contributed by atoms with Gasteiger partial charge in [0, 0.05) is 34.8 Å². The largest absolute Gasteiger partial charge is 0.508 e. The van der Waals surface area contributed by atoms with Gasteiger partial charge in [-0.1, -0.05) is 42.5 Å². The number of aromatic hydroxyl groups is 2. The normalized spacial score (nSPS) is 20.1. The fourth-order valence-corrected chi connectivity index (χ4v) is 8.85. The number of aromatic amines is 1. The average Bonchev–Trinajstić information content (AvgIpc) is 3.66. The summed E-state index contributed by atoms with van der Waals surface area (Å²) in [4.78, 5) is 3.28. The van der Waals surface area contributed by atoms with E-state index in [2.05, 4.69) is 41.4 Å². The second kappa shape index (κ2) is 13.5. The zero-order chi connectivity index (χ0) is 36.2. The lowest BCUT2D eigenvalue weighted by Crippen LogP contribution is -2.34. The SMILES string of the molecule is COc1cc(C2Oc3c(c4c(c5c3CCC(CO)O5)-c3ccc(O)cc3C(Cc3ccc5[nH]ccc5c3)C4)CC2O)cc(CCc2ccccc2)c1O. The Labute approximate surface area is 308 Å². The molecule has 1 aromatic heterocycles. The quantitative estimate of drug-likeness (QED) is 0.110. The summed E-state index contributed by atoms with van der Waals surface area (Å²) in [6, 6.07) is 28.0. The van der Waals surface area contributed by atoms with Crippen LogP contribution in [0.4, 0.5) is 0 Å². The molecule has 4 atom stereocenters. The van der Waals surface area contributed by atoms with Gasteiger partial charge in [-0.15, -0.1) is 0 Å². The van der Waals surface area contributed by atoms with E-state index in [-0.39, 0.29) is 30.1 Å². The number of methoxy groups -OCH3 is 1. The number of H-pyrrole nitrogens is 1. The van der Waals surface area contributed by atoms with Crippen LogP contribution in [-0.4, -0.2) is 51.3 Å². The molecule has 0 fully saturated rings. The lowest BCUT2D eigenvalue weighted by Gasteiger charge is -2.40. The van der Waals surface area contributed by atoms with Gasteiger partial charge in [-0.25, -0.2) is 0 Å². The van der Waals surface area contributed by atoms with Gasteiger partial charge >= 0.3 is 0 Å². The predicted molar refractivity (Wildman–Crippen MR) is 203 cm³/mol. The summed E-state index contributed by atoms with van der Waals surface area (Å²) in [5.74, 6) is 2.15. The number of hydrogen-bond donors (Lipinski definition) is 5. The van der Waals surface area contributed by atoms with Crippen LogP contribution in [-0.2, 0) is 38.5 Å². The van der Waals surface area contributed by atoms with Crippen molar-refractivity contribution in [3.63, 3.8) is 0 Å². The van der Waals surface area contributed by atoms with Gasteiger partial charge in [-0.3, -0.25) is 0 Å². The van der Waals surface area contributed by atoms with E-state index in [4.69, 9.17) is 14.2 Å². The van der Waals surface area contributed by atoms with Crippen molar-refractivity contribution in [1.82, 2.24) is 4.98 Å². The molecule has 8 heteroatoms. The highest BCUT2D eigenvalue weighted by atomic mass is 16.5. The maximum absolute atomic E-state index is 12.0. The molecule has 4 unspecified atom stereocenters. The van der Waals surface area contributed by atoms with E-state index in [0.29, 0.717) is 43.6 Å². The van der Waals surface area contributed by atoms with E-state index in [9.17, 15) is 20.4 Å². The molecule has 270 valence electrons. The lowest BCUT2D eigenvalue weighted by atomic mass is 9.72. The van der Waals surface area contributed by atoms with Crippen molar-refractivity contribution < 1.29 is 34.6 Å². The second-order valence-electron chi connectivity index (χ2n) is 14.7. The summed E-state index contributed by atoms with van der Waals surface area (Å²) < 4.78 is 19.2.